The monoisotopic (exact) mass is 221 g/mol. The number of ether oxygens (including phenoxy) is 1. The molecule has 15 heavy (non-hydrogen) atoms. The number of amides is 1. The standard InChI is InChI=1S/C10H17F2NO2/c1-15-7-4-9(14)13-8-2-5-10(11,12)6-3-8/h8H,2-7H2,1H3,(H,13,14). The highest BCUT2D eigenvalue weighted by atomic mass is 19.3. The van der Waals surface area contributed by atoms with Crippen molar-refractivity contribution >= 4 is 5.91 Å². The van der Waals surface area contributed by atoms with Crippen LogP contribution >= 0.6 is 0 Å². The van der Waals surface area contributed by atoms with Crippen LogP contribution in [0.25, 0.3) is 0 Å². The first kappa shape index (κ1) is 12.4. The van der Waals surface area contributed by atoms with Crippen LogP contribution in [0.5, 0.6) is 0 Å². The Morgan fingerprint density at radius 1 is 1.47 bits per heavy atom. The first-order valence-electron chi connectivity index (χ1n) is 5.19. The molecule has 1 rings (SSSR count). The summed E-state index contributed by atoms with van der Waals surface area (Å²) in [4.78, 5) is 11.3. The van der Waals surface area contributed by atoms with Gasteiger partial charge in [-0.25, -0.2) is 8.78 Å². The molecule has 0 aromatic carbocycles. The first-order chi connectivity index (χ1) is 7.03. The Kier molecular flexibility index (Phi) is 4.45. The molecule has 1 saturated carbocycles. The van der Waals surface area contributed by atoms with E-state index >= 15 is 0 Å². The fourth-order valence-electron chi connectivity index (χ4n) is 1.68. The molecule has 0 spiro atoms. The van der Waals surface area contributed by atoms with Crippen molar-refractivity contribution in [3.63, 3.8) is 0 Å². The topological polar surface area (TPSA) is 38.3 Å². The van der Waals surface area contributed by atoms with Crippen molar-refractivity contribution in [3.8, 4) is 0 Å². The van der Waals surface area contributed by atoms with Gasteiger partial charge in [0, 0.05) is 32.4 Å². The van der Waals surface area contributed by atoms with E-state index in [2.05, 4.69) is 5.32 Å². The summed E-state index contributed by atoms with van der Waals surface area (Å²) in [6, 6.07) is -0.0889. The molecule has 1 aliphatic carbocycles. The van der Waals surface area contributed by atoms with Crippen molar-refractivity contribution in [3.05, 3.63) is 0 Å². The van der Waals surface area contributed by atoms with Gasteiger partial charge in [0.1, 0.15) is 0 Å². The molecule has 1 fully saturated rings. The van der Waals surface area contributed by atoms with Crippen LogP contribution in [0.3, 0.4) is 0 Å². The Balaban J connectivity index is 2.21. The Morgan fingerprint density at radius 2 is 2.07 bits per heavy atom. The van der Waals surface area contributed by atoms with Gasteiger partial charge in [-0.1, -0.05) is 0 Å². The molecule has 0 aromatic heterocycles. The third kappa shape index (κ3) is 4.55. The maximum atomic E-state index is 12.8. The lowest BCUT2D eigenvalue weighted by Crippen LogP contribution is -2.40. The van der Waals surface area contributed by atoms with E-state index in [9.17, 15) is 13.6 Å². The van der Waals surface area contributed by atoms with Gasteiger partial charge in [-0.3, -0.25) is 4.79 Å². The molecule has 88 valence electrons. The molecule has 1 amide bonds. The minimum Gasteiger partial charge on any atom is -0.384 e. The summed E-state index contributed by atoms with van der Waals surface area (Å²) in [5.74, 6) is -2.65. The average Bonchev–Trinajstić information content (AvgIpc) is 2.18. The largest absolute Gasteiger partial charge is 0.384 e. The normalized spacial score (nSPS) is 21.3. The molecule has 1 N–H and O–H groups in total. The van der Waals surface area contributed by atoms with Crippen LogP contribution in [0.4, 0.5) is 8.78 Å². The van der Waals surface area contributed by atoms with Gasteiger partial charge in [-0.05, 0) is 12.8 Å². The average molecular weight is 221 g/mol. The second-order valence-electron chi connectivity index (χ2n) is 3.94. The molecule has 3 nitrogen and oxygen atoms in total. The van der Waals surface area contributed by atoms with E-state index in [4.69, 9.17) is 4.74 Å². The van der Waals surface area contributed by atoms with E-state index in [1.165, 1.54) is 7.11 Å². The summed E-state index contributed by atoms with van der Waals surface area (Å²) in [5.41, 5.74) is 0. The molecule has 5 heteroatoms. The van der Waals surface area contributed by atoms with Gasteiger partial charge in [0.2, 0.25) is 11.8 Å². The molecular formula is C10H17F2NO2. The summed E-state index contributed by atoms with van der Waals surface area (Å²) >= 11 is 0. The number of hydrogen-bond donors (Lipinski definition) is 1. The summed E-state index contributed by atoms with van der Waals surface area (Å²) in [6.45, 7) is 0.370. The Hall–Kier alpha value is -0.710. The molecule has 0 unspecified atom stereocenters. The smallest absolute Gasteiger partial charge is 0.248 e. The van der Waals surface area contributed by atoms with E-state index < -0.39 is 5.92 Å². The molecule has 0 bridgehead atoms. The Bertz CT molecular complexity index is 211. The molecule has 0 heterocycles. The van der Waals surface area contributed by atoms with Crippen molar-refractivity contribution in [2.75, 3.05) is 13.7 Å². The number of hydrogen-bond acceptors (Lipinski definition) is 2. The predicted octanol–water partition coefficient (Wildman–Crippen LogP) is 1.72. The summed E-state index contributed by atoms with van der Waals surface area (Å²) < 4.78 is 30.3. The molecular weight excluding hydrogens is 204 g/mol. The van der Waals surface area contributed by atoms with Gasteiger partial charge in [0.15, 0.2) is 0 Å². The van der Waals surface area contributed by atoms with E-state index in [0.717, 1.165) is 0 Å². The quantitative estimate of drug-likeness (QED) is 0.785. The number of rotatable bonds is 4. The van der Waals surface area contributed by atoms with E-state index in [-0.39, 0.29) is 24.8 Å². The van der Waals surface area contributed by atoms with Crippen molar-refractivity contribution in [1.82, 2.24) is 5.32 Å². The van der Waals surface area contributed by atoms with Gasteiger partial charge in [-0.15, -0.1) is 0 Å². The number of methoxy groups -OCH3 is 1. The fourth-order valence-corrected chi connectivity index (χ4v) is 1.68. The number of halogens is 2. The molecule has 1 aliphatic rings. The van der Waals surface area contributed by atoms with Crippen molar-refractivity contribution in [2.45, 2.75) is 44.1 Å². The van der Waals surface area contributed by atoms with Crippen LogP contribution < -0.4 is 5.32 Å². The van der Waals surface area contributed by atoms with Crippen LogP contribution in [0.15, 0.2) is 0 Å². The zero-order chi connectivity index (χ0) is 11.3. The second-order valence-corrected chi connectivity index (χ2v) is 3.94. The lowest BCUT2D eigenvalue weighted by Gasteiger charge is -2.28. The van der Waals surface area contributed by atoms with Crippen LogP contribution in [-0.2, 0) is 9.53 Å². The molecule has 0 aromatic rings. The van der Waals surface area contributed by atoms with E-state index in [1.807, 2.05) is 0 Å². The van der Waals surface area contributed by atoms with E-state index in [0.29, 0.717) is 25.9 Å². The highest BCUT2D eigenvalue weighted by Gasteiger charge is 2.35. The zero-order valence-electron chi connectivity index (χ0n) is 8.89. The minimum absolute atomic E-state index is 0.0889. The molecule has 0 atom stereocenters. The van der Waals surface area contributed by atoms with Crippen LogP contribution in [0, 0.1) is 0 Å². The predicted molar refractivity (Wildman–Crippen MR) is 51.8 cm³/mol. The van der Waals surface area contributed by atoms with Crippen LogP contribution in [-0.4, -0.2) is 31.6 Å². The van der Waals surface area contributed by atoms with Crippen molar-refractivity contribution in [1.29, 1.82) is 0 Å². The summed E-state index contributed by atoms with van der Waals surface area (Å²) in [7, 11) is 1.52. The van der Waals surface area contributed by atoms with Gasteiger partial charge < -0.3 is 10.1 Å². The van der Waals surface area contributed by atoms with Gasteiger partial charge in [0.05, 0.1) is 6.61 Å². The third-order valence-corrected chi connectivity index (χ3v) is 2.62. The molecule has 0 aliphatic heterocycles. The van der Waals surface area contributed by atoms with Crippen molar-refractivity contribution in [2.24, 2.45) is 0 Å². The Morgan fingerprint density at radius 3 is 2.60 bits per heavy atom. The minimum atomic E-state index is -2.53. The highest BCUT2D eigenvalue weighted by Crippen LogP contribution is 2.32. The lowest BCUT2D eigenvalue weighted by atomic mass is 9.92. The fraction of sp³-hybridized carbons (Fsp3) is 0.900. The maximum absolute atomic E-state index is 12.8. The maximum Gasteiger partial charge on any atom is 0.248 e. The number of carbonyl (C=O) groups is 1. The lowest BCUT2D eigenvalue weighted by molar-refractivity contribution is -0.123. The van der Waals surface area contributed by atoms with Gasteiger partial charge in [0.25, 0.3) is 0 Å². The second kappa shape index (κ2) is 5.39. The number of alkyl halides is 2. The number of nitrogens with one attached hydrogen (secondary N) is 1. The third-order valence-electron chi connectivity index (χ3n) is 2.62. The van der Waals surface area contributed by atoms with Gasteiger partial charge in [-0.2, -0.15) is 0 Å². The summed E-state index contributed by atoms with van der Waals surface area (Å²) in [6.07, 6.45) is 0.783. The van der Waals surface area contributed by atoms with E-state index in [1.54, 1.807) is 0 Å². The van der Waals surface area contributed by atoms with Crippen LogP contribution in [0.2, 0.25) is 0 Å². The number of carbonyl (C=O) groups excluding carboxylic acids is 1. The zero-order valence-corrected chi connectivity index (χ0v) is 8.89. The Labute approximate surface area is 88.2 Å². The molecule has 0 saturated heterocycles. The van der Waals surface area contributed by atoms with Crippen LogP contribution in [0.1, 0.15) is 32.1 Å². The SMILES string of the molecule is COCCC(=O)NC1CCC(F)(F)CC1. The highest BCUT2D eigenvalue weighted by molar-refractivity contribution is 5.76. The summed E-state index contributed by atoms with van der Waals surface area (Å²) in [5, 5.41) is 2.74. The van der Waals surface area contributed by atoms with Gasteiger partial charge >= 0.3 is 0 Å². The van der Waals surface area contributed by atoms with Crippen molar-refractivity contribution < 1.29 is 18.3 Å². The first-order valence-corrected chi connectivity index (χ1v) is 5.19. The molecule has 0 radical (unpaired) electrons.